The molecule has 0 unspecified atom stereocenters. The Morgan fingerprint density at radius 2 is 1.54 bits per heavy atom. The summed E-state index contributed by atoms with van der Waals surface area (Å²) in [5.41, 5.74) is 11.8. The van der Waals surface area contributed by atoms with Gasteiger partial charge in [0.1, 0.15) is 0 Å². The molecule has 0 heterocycles. The van der Waals surface area contributed by atoms with Gasteiger partial charge in [0.05, 0.1) is 11.8 Å². The van der Waals surface area contributed by atoms with E-state index < -0.39 is 8.32 Å². The number of azide groups is 1. The molecular formula is C19H37N3OSi. The summed E-state index contributed by atoms with van der Waals surface area (Å²) in [5.74, 6) is 2.22. The summed E-state index contributed by atoms with van der Waals surface area (Å²) in [6.07, 6.45) is 1.93. The molecule has 0 N–H and O–H groups in total. The molecule has 0 aromatic carbocycles. The first-order valence-corrected chi connectivity index (χ1v) is 11.6. The standard InChI is InChI=1S/C19H37N3OSi/c1-12(2)17-10-18(21-22-20)16(9)19(11-17)23-24(13(3)4,14(5)6)15(7)8/h12-15,17-18H,10-11H2,1-9H3/t17-,18-/m1/s1. The molecule has 0 radical (unpaired) electrons. The zero-order chi connectivity index (χ0) is 18.7. The van der Waals surface area contributed by atoms with Crippen molar-refractivity contribution in [2.75, 3.05) is 0 Å². The van der Waals surface area contributed by atoms with Crippen LogP contribution >= 0.6 is 0 Å². The van der Waals surface area contributed by atoms with Crippen molar-refractivity contribution in [3.63, 3.8) is 0 Å². The summed E-state index contributed by atoms with van der Waals surface area (Å²) in [4.78, 5) is 3.09. The molecule has 4 nitrogen and oxygen atoms in total. The molecule has 5 heteroatoms. The van der Waals surface area contributed by atoms with E-state index in [0.717, 1.165) is 24.2 Å². The van der Waals surface area contributed by atoms with Gasteiger partial charge >= 0.3 is 0 Å². The molecule has 0 fully saturated rings. The summed E-state index contributed by atoms with van der Waals surface area (Å²) in [5, 5.41) is 4.07. The van der Waals surface area contributed by atoms with E-state index in [1.54, 1.807) is 0 Å². The van der Waals surface area contributed by atoms with Crippen molar-refractivity contribution in [3.05, 3.63) is 21.8 Å². The van der Waals surface area contributed by atoms with Gasteiger partial charge in [0.2, 0.25) is 0 Å². The van der Waals surface area contributed by atoms with Crippen LogP contribution in [-0.2, 0) is 4.43 Å². The predicted octanol–water partition coefficient (Wildman–Crippen LogP) is 7.20. The molecule has 0 saturated heterocycles. The van der Waals surface area contributed by atoms with E-state index >= 15 is 0 Å². The van der Waals surface area contributed by atoms with Gasteiger partial charge < -0.3 is 4.43 Å². The van der Waals surface area contributed by atoms with Crippen molar-refractivity contribution in [3.8, 4) is 0 Å². The number of hydrogen-bond acceptors (Lipinski definition) is 2. The zero-order valence-electron chi connectivity index (χ0n) is 17.1. The minimum Gasteiger partial charge on any atom is -0.546 e. The lowest BCUT2D eigenvalue weighted by Gasteiger charge is -2.45. The number of rotatable bonds is 7. The Bertz CT molecular complexity index is 483. The molecule has 2 atom stereocenters. The molecule has 0 amide bonds. The van der Waals surface area contributed by atoms with Crippen LogP contribution in [0.3, 0.4) is 0 Å². The van der Waals surface area contributed by atoms with Crippen molar-refractivity contribution in [1.29, 1.82) is 0 Å². The van der Waals surface area contributed by atoms with Gasteiger partial charge in [0, 0.05) is 11.3 Å². The van der Waals surface area contributed by atoms with Crippen molar-refractivity contribution < 1.29 is 4.43 Å². The first-order chi connectivity index (χ1) is 11.1. The SMILES string of the molecule is CC1=C(O[Si](C(C)C)(C(C)C)C(C)C)C[C@H](C(C)C)C[C@H]1N=[N+]=[N-]. The molecule has 1 aliphatic rings. The molecule has 1 rings (SSSR count). The van der Waals surface area contributed by atoms with Crippen LogP contribution in [0.1, 0.15) is 75.2 Å². The van der Waals surface area contributed by atoms with E-state index in [2.05, 4.69) is 72.3 Å². The third kappa shape index (κ3) is 4.18. The molecule has 24 heavy (non-hydrogen) atoms. The second-order valence-corrected chi connectivity index (χ2v) is 14.1. The van der Waals surface area contributed by atoms with Gasteiger partial charge in [-0.3, -0.25) is 0 Å². The lowest BCUT2D eigenvalue weighted by molar-refractivity contribution is 0.249. The first-order valence-electron chi connectivity index (χ1n) is 9.50. The van der Waals surface area contributed by atoms with Crippen LogP contribution in [0.25, 0.3) is 10.4 Å². The van der Waals surface area contributed by atoms with Crippen molar-refractivity contribution in [2.24, 2.45) is 17.0 Å². The Hall–Kier alpha value is -0.933. The molecular weight excluding hydrogens is 314 g/mol. The smallest absolute Gasteiger partial charge is 0.258 e. The Morgan fingerprint density at radius 1 is 1.04 bits per heavy atom. The van der Waals surface area contributed by atoms with E-state index in [4.69, 9.17) is 9.96 Å². The lowest BCUT2D eigenvalue weighted by atomic mass is 9.79. The first kappa shape index (κ1) is 21.1. The van der Waals surface area contributed by atoms with E-state index in [9.17, 15) is 0 Å². The Labute approximate surface area is 149 Å². The van der Waals surface area contributed by atoms with Gasteiger partial charge in [-0.25, -0.2) is 0 Å². The van der Waals surface area contributed by atoms with Crippen molar-refractivity contribution in [1.82, 2.24) is 0 Å². The maximum absolute atomic E-state index is 8.95. The molecule has 0 aromatic rings. The molecule has 1 aliphatic carbocycles. The highest BCUT2D eigenvalue weighted by atomic mass is 28.4. The van der Waals surface area contributed by atoms with Crippen LogP contribution in [0.15, 0.2) is 16.4 Å². The van der Waals surface area contributed by atoms with Crippen LogP contribution in [0.2, 0.25) is 16.6 Å². The fourth-order valence-corrected chi connectivity index (χ4v) is 9.90. The minimum absolute atomic E-state index is 0.0515. The van der Waals surface area contributed by atoms with Gasteiger partial charge in [-0.2, -0.15) is 0 Å². The molecule has 0 spiro atoms. The third-order valence-corrected chi connectivity index (χ3v) is 12.1. The van der Waals surface area contributed by atoms with E-state index in [1.165, 1.54) is 0 Å². The number of hydrogen-bond donors (Lipinski definition) is 0. The highest BCUT2D eigenvalue weighted by Gasteiger charge is 2.48. The summed E-state index contributed by atoms with van der Waals surface area (Å²) >= 11 is 0. The topological polar surface area (TPSA) is 58.0 Å². The molecule has 138 valence electrons. The van der Waals surface area contributed by atoms with Gasteiger partial charge in [0.25, 0.3) is 8.32 Å². The van der Waals surface area contributed by atoms with Gasteiger partial charge in [0.15, 0.2) is 0 Å². The molecule has 0 aromatic heterocycles. The van der Waals surface area contributed by atoms with E-state index in [1.807, 2.05) is 0 Å². The maximum Gasteiger partial charge on any atom is 0.258 e. The second kappa shape index (κ2) is 8.44. The largest absolute Gasteiger partial charge is 0.546 e. The highest BCUT2D eigenvalue weighted by Crippen LogP contribution is 2.46. The Morgan fingerprint density at radius 3 is 1.92 bits per heavy atom. The van der Waals surface area contributed by atoms with Crippen LogP contribution in [0.5, 0.6) is 0 Å². The lowest BCUT2D eigenvalue weighted by Crippen LogP contribution is -2.48. The minimum atomic E-state index is -1.97. The number of allylic oxidation sites excluding steroid dienone is 1. The Balaban J connectivity index is 3.32. The predicted molar refractivity (Wildman–Crippen MR) is 105 cm³/mol. The van der Waals surface area contributed by atoms with Crippen LogP contribution in [0, 0.1) is 11.8 Å². The van der Waals surface area contributed by atoms with Gasteiger partial charge in [-0.15, -0.1) is 0 Å². The van der Waals surface area contributed by atoms with E-state index in [-0.39, 0.29) is 6.04 Å². The average molecular weight is 352 g/mol. The zero-order valence-corrected chi connectivity index (χ0v) is 18.1. The normalized spacial score (nSPS) is 22.5. The maximum atomic E-state index is 8.95. The molecule has 0 saturated carbocycles. The molecule has 0 bridgehead atoms. The van der Waals surface area contributed by atoms with Gasteiger partial charge in [-0.1, -0.05) is 60.5 Å². The average Bonchev–Trinajstić information content (AvgIpc) is 2.46. The fourth-order valence-electron chi connectivity index (χ4n) is 4.52. The van der Waals surface area contributed by atoms with Crippen molar-refractivity contribution >= 4 is 8.32 Å². The number of nitrogens with zero attached hydrogens (tertiary/aromatic N) is 3. The summed E-state index contributed by atoms with van der Waals surface area (Å²) < 4.78 is 6.97. The van der Waals surface area contributed by atoms with Crippen LogP contribution in [0.4, 0.5) is 0 Å². The summed E-state index contributed by atoms with van der Waals surface area (Å²) in [6, 6.07) is -0.0515. The second-order valence-electron chi connectivity index (χ2n) is 8.69. The highest BCUT2D eigenvalue weighted by molar-refractivity contribution is 6.77. The third-order valence-electron chi connectivity index (χ3n) is 6.05. The van der Waals surface area contributed by atoms with Crippen LogP contribution in [-0.4, -0.2) is 14.4 Å². The summed E-state index contributed by atoms with van der Waals surface area (Å²) in [6.45, 7) is 20.5. The fraction of sp³-hybridized carbons (Fsp3) is 0.895. The quantitative estimate of drug-likeness (QED) is 0.207. The van der Waals surface area contributed by atoms with E-state index in [0.29, 0.717) is 28.5 Å². The van der Waals surface area contributed by atoms with Gasteiger partial charge in [-0.05, 0) is 52.9 Å². The Kier molecular flexibility index (Phi) is 7.42. The van der Waals surface area contributed by atoms with Crippen molar-refractivity contribution in [2.45, 2.75) is 97.8 Å². The molecule has 0 aliphatic heterocycles. The van der Waals surface area contributed by atoms with Crippen LogP contribution < -0.4 is 0 Å². The summed E-state index contributed by atoms with van der Waals surface area (Å²) in [7, 11) is -1.97. The monoisotopic (exact) mass is 351 g/mol.